The van der Waals surface area contributed by atoms with E-state index >= 15 is 0 Å². The molecule has 0 bridgehead atoms. The summed E-state index contributed by atoms with van der Waals surface area (Å²) in [6.07, 6.45) is 0.233. The number of hydrogen-bond donors (Lipinski definition) is 3. The maximum Gasteiger partial charge on any atom is 0.500 e. The van der Waals surface area contributed by atoms with E-state index in [0.717, 1.165) is 0 Å². The predicted octanol–water partition coefficient (Wildman–Crippen LogP) is -1.12. The van der Waals surface area contributed by atoms with Crippen molar-refractivity contribution in [2.45, 2.75) is 19.4 Å². The lowest BCUT2D eigenvalue weighted by molar-refractivity contribution is -0.117. The van der Waals surface area contributed by atoms with Crippen LogP contribution in [0.3, 0.4) is 0 Å². The molecule has 54 valence electrons. The van der Waals surface area contributed by atoms with E-state index in [1.54, 1.807) is 6.92 Å². The van der Waals surface area contributed by atoms with Gasteiger partial charge in [0, 0.05) is 6.42 Å². The Labute approximate surface area is 54.1 Å². The zero-order chi connectivity index (χ0) is 7.49. The van der Waals surface area contributed by atoms with Gasteiger partial charge in [0.2, 0.25) is 0 Å². The van der Waals surface area contributed by atoms with E-state index in [9.17, 15) is 4.79 Å². The quantitative estimate of drug-likeness (QED) is 0.445. The van der Waals surface area contributed by atoms with Crippen molar-refractivity contribution >= 4 is 14.6 Å². The number of hydrogen-bond acceptors (Lipinski definition) is 4. The van der Waals surface area contributed by atoms with Crippen LogP contribution in [-0.4, -0.2) is 29.0 Å². The van der Waals surface area contributed by atoms with Gasteiger partial charge in [-0.2, -0.15) is 0 Å². The summed E-state index contributed by atoms with van der Waals surface area (Å²) >= 11 is 0. The van der Waals surface area contributed by atoms with Gasteiger partial charge >= 0.3 is 8.80 Å². The Morgan fingerprint density at radius 2 is 1.89 bits per heavy atom. The molecule has 3 N–H and O–H groups in total. The number of carbonyl (C=O) groups is 1. The van der Waals surface area contributed by atoms with Crippen molar-refractivity contribution in [2.24, 2.45) is 0 Å². The van der Waals surface area contributed by atoms with E-state index in [-0.39, 0.29) is 12.2 Å². The fourth-order valence-electron chi connectivity index (χ4n) is 0.390. The first-order valence-electron chi connectivity index (χ1n) is 2.64. The van der Waals surface area contributed by atoms with Crippen LogP contribution < -0.4 is 0 Å². The third-order valence-corrected chi connectivity index (χ3v) is 1.70. The molecule has 0 aliphatic heterocycles. The van der Waals surface area contributed by atoms with Gasteiger partial charge in [0.1, 0.15) is 5.78 Å². The molecule has 0 unspecified atom stereocenters. The van der Waals surface area contributed by atoms with Gasteiger partial charge < -0.3 is 14.4 Å². The van der Waals surface area contributed by atoms with Crippen LogP contribution in [0.4, 0.5) is 0 Å². The third-order valence-electron chi connectivity index (χ3n) is 0.829. The Hall–Kier alpha value is -0.233. The average Bonchev–Trinajstić information content (AvgIpc) is 1.62. The molecular formula is C4H10O4Si. The van der Waals surface area contributed by atoms with Gasteiger partial charge in [0.25, 0.3) is 0 Å². The van der Waals surface area contributed by atoms with Crippen molar-refractivity contribution in [3.63, 3.8) is 0 Å². The third kappa shape index (κ3) is 5.64. The first-order chi connectivity index (χ1) is 3.95. The fourth-order valence-corrected chi connectivity index (χ4v) is 1.17. The van der Waals surface area contributed by atoms with Crippen LogP contribution in [0.5, 0.6) is 0 Å². The Kier molecular flexibility index (Phi) is 2.99. The first kappa shape index (κ1) is 8.77. The Morgan fingerprint density at radius 3 is 2.00 bits per heavy atom. The van der Waals surface area contributed by atoms with E-state index in [2.05, 4.69) is 0 Å². The molecule has 0 heterocycles. The summed E-state index contributed by atoms with van der Waals surface area (Å²) in [5, 5.41) is 0. The van der Waals surface area contributed by atoms with Crippen LogP contribution in [0.15, 0.2) is 0 Å². The van der Waals surface area contributed by atoms with Gasteiger partial charge in [-0.25, -0.2) is 0 Å². The highest BCUT2D eigenvalue weighted by Gasteiger charge is 2.29. The van der Waals surface area contributed by atoms with E-state index in [0.29, 0.717) is 0 Å². The van der Waals surface area contributed by atoms with Gasteiger partial charge in [-0.3, -0.25) is 4.79 Å². The van der Waals surface area contributed by atoms with Crippen molar-refractivity contribution in [1.82, 2.24) is 0 Å². The molecule has 0 spiro atoms. The molecule has 0 rings (SSSR count). The monoisotopic (exact) mass is 150 g/mol. The summed E-state index contributed by atoms with van der Waals surface area (Å²) in [5.74, 6) is -0.325. The summed E-state index contributed by atoms with van der Waals surface area (Å²) in [7, 11) is -4.09. The maximum absolute atomic E-state index is 10.4. The molecule has 5 heteroatoms. The van der Waals surface area contributed by atoms with E-state index in [1.165, 1.54) is 0 Å². The molecule has 0 saturated heterocycles. The second-order valence-corrected chi connectivity index (χ2v) is 3.75. The van der Waals surface area contributed by atoms with Crippen molar-refractivity contribution in [2.75, 3.05) is 0 Å². The van der Waals surface area contributed by atoms with Crippen LogP contribution >= 0.6 is 0 Å². The Balaban J connectivity index is 3.60. The second-order valence-electron chi connectivity index (χ2n) is 1.84. The lowest BCUT2D eigenvalue weighted by Gasteiger charge is -2.05. The van der Waals surface area contributed by atoms with Gasteiger partial charge in [-0.05, 0) is 0 Å². The molecule has 0 fully saturated rings. The molecule has 0 radical (unpaired) electrons. The molecule has 0 aromatic rings. The zero-order valence-corrected chi connectivity index (χ0v) is 6.16. The topological polar surface area (TPSA) is 77.8 Å². The SMILES string of the molecule is CCC(=O)C[Si](O)(O)O. The van der Waals surface area contributed by atoms with Crippen molar-refractivity contribution in [3.8, 4) is 0 Å². The van der Waals surface area contributed by atoms with Gasteiger partial charge in [0.15, 0.2) is 0 Å². The van der Waals surface area contributed by atoms with E-state index in [4.69, 9.17) is 14.4 Å². The van der Waals surface area contributed by atoms with Crippen molar-refractivity contribution in [1.29, 1.82) is 0 Å². The standard InChI is InChI=1S/C4H10O4Si/c1-2-4(5)3-9(6,7)8/h6-8H,2-3H2,1H3. The predicted molar refractivity (Wildman–Crippen MR) is 32.5 cm³/mol. The molecule has 0 aliphatic rings. The van der Waals surface area contributed by atoms with Gasteiger partial charge in [-0.1, -0.05) is 6.92 Å². The molecule has 0 saturated carbocycles. The second kappa shape index (κ2) is 3.07. The zero-order valence-electron chi connectivity index (χ0n) is 5.16. The smallest absolute Gasteiger partial charge is 0.390 e. The summed E-state index contributed by atoms with van der Waals surface area (Å²) in [6, 6.07) is -0.483. The minimum Gasteiger partial charge on any atom is -0.390 e. The van der Waals surface area contributed by atoms with Crippen molar-refractivity contribution in [3.05, 3.63) is 0 Å². The lowest BCUT2D eigenvalue weighted by atomic mass is 10.4. The fraction of sp³-hybridized carbons (Fsp3) is 0.750. The normalized spacial score (nSPS) is 11.6. The number of ketones is 1. The summed E-state index contributed by atoms with van der Waals surface area (Å²) in [4.78, 5) is 35.4. The van der Waals surface area contributed by atoms with Gasteiger partial charge in [-0.15, -0.1) is 0 Å². The molecule has 0 atom stereocenters. The number of Topliss-reactive ketones (excluding diaryl/α,β-unsaturated/α-hetero) is 1. The molecule has 9 heavy (non-hydrogen) atoms. The minimum absolute atomic E-state index is 0.233. The summed E-state index contributed by atoms with van der Waals surface area (Å²) < 4.78 is 0. The molecule has 0 aliphatic carbocycles. The molecule has 4 nitrogen and oxygen atoms in total. The van der Waals surface area contributed by atoms with Crippen LogP contribution in [-0.2, 0) is 4.79 Å². The molecule has 0 aromatic heterocycles. The van der Waals surface area contributed by atoms with Crippen molar-refractivity contribution < 1.29 is 19.2 Å². The van der Waals surface area contributed by atoms with Crippen LogP contribution in [0.1, 0.15) is 13.3 Å². The highest BCUT2D eigenvalue weighted by molar-refractivity contribution is 6.60. The Morgan fingerprint density at radius 1 is 1.44 bits per heavy atom. The minimum atomic E-state index is -4.09. The first-order valence-corrected chi connectivity index (χ1v) is 4.69. The van der Waals surface area contributed by atoms with Crippen LogP contribution in [0.2, 0.25) is 6.04 Å². The van der Waals surface area contributed by atoms with E-state index < -0.39 is 14.8 Å². The highest BCUT2D eigenvalue weighted by atomic mass is 28.4. The molecule has 0 aromatic carbocycles. The average molecular weight is 150 g/mol. The molecular weight excluding hydrogens is 140 g/mol. The van der Waals surface area contributed by atoms with Gasteiger partial charge in [0.05, 0.1) is 6.04 Å². The highest BCUT2D eigenvalue weighted by Crippen LogP contribution is 1.98. The summed E-state index contributed by atoms with van der Waals surface area (Å²) in [6.45, 7) is 1.60. The molecule has 0 amide bonds. The number of carbonyl (C=O) groups excluding carboxylic acids is 1. The van der Waals surface area contributed by atoms with Crippen LogP contribution in [0.25, 0.3) is 0 Å². The number of rotatable bonds is 3. The Bertz CT molecular complexity index is 106. The largest absolute Gasteiger partial charge is 0.500 e. The van der Waals surface area contributed by atoms with Crippen LogP contribution in [0, 0.1) is 0 Å². The maximum atomic E-state index is 10.4. The van der Waals surface area contributed by atoms with E-state index in [1.807, 2.05) is 0 Å². The lowest BCUT2D eigenvalue weighted by Crippen LogP contribution is -2.36. The summed E-state index contributed by atoms with van der Waals surface area (Å²) in [5.41, 5.74) is 0.